The number of ether oxygens (including phenoxy) is 1. The minimum atomic E-state index is -0.423. The lowest BCUT2D eigenvalue weighted by molar-refractivity contribution is 0.0527. The molecule has 0 rings (SSSR count). The molecule has 0 aromatic carbocycles. The van der Waals surface area contributed by atoms with Gasteiger partial charge in [-0.3, -0.25) is 0 Å². The molecule has 0 heterocycles. The van der Waals surface area contributed by atoms with E-state index in [0.29, 0.717) is 18.5 Å². The van der Waals surface area contributed by atoms with Crippen molar-refractivity contribution >= 4 is 6.09 Å². The summed E-state index contributed by atoms with van der Waals surface area (Å²) in [6.07, 6.45) is 1.76. The lowest BCUT2D eigenvalue weighted by atomic mass is 10.1. The van der Waals surface area contributed by atoms with E-state index in [9.17, 15) is 4.79 Å². The Morgan fingerprint density at radius 3 is 2.28 bits per heavy atom. The van der Waals surface area contributed by atoms with Gasteiger partial charge in [-0.25, -0.2) is 4.79 Å². The van der Waals surface area contributed by atoms with Crippen LogP contribution in [0.3, 0.4) is 0 Å². The van der Waals surface area contributed by atoms with Gasteiger partial charge in [0, 0.05) is 12.6 Å². The highest BCUT2D eigenvalue weighted by atomic mass is 16.6. The zero-order valence-corrected chi connectivity index (χ0v) is 12.8. The van der Waals surface area contributed by atoms with Crippen LogP contribution in [0.4, 0.5) is 4.79 Å². The van der Waals surface area contributed by atoms with Crippen molar-refractivity contribution in [2.24, 2.45) is 5.92 Å². The van der Waals surface area contributed by atoms with Crippen molar-refractivity contribution < 1.29 is 9.53 Å². The van der Waals surface area contributed by atoms with Gasteiger partial charge < -0.3 is 15.4 Å². The largest absolute Gasteiger partial charge is 0.444 e. The molecule has 0 fully saturated rings. The fraction of sp³-hybridized carbons (Fsp3) is 0.929. The van der Waals surface area contributed by atoms with E-state index in [0.717, 1.165) is 13.0 Å². The Balaban J connectivity index is 3.48. The average molecular weight is 258 g/mol. The van der Waals surface area contributed by atoms with Gasteiger partial charge in [0.25, 0.3) is 0 Å². The maximum Gasteiger partial charge on any atom is 0.407 e. The Hall–Kier alpha value is -0.770. The Kier molecular flexibility index (Phi) is 8.00. The topological polar surface area (TPSA) is 50.4 Å². The molecule has 1 amide bonds. The highest BCUT2D eigenvalue weighted by molar-refractivity contribution is 5.67. The molecule has 108 valence electrons. The van der Waals surface area contributed by atoms with E-state index in [1.807, 2.05) is 20.8 Å². The zero-order valence-electron chi connectivity index (χ0n) is 12.8. The van der Waals surface area contributed by atoms with E-state index < -0.39 is 5.60 Å². The van der Waals surface area contributed by atoms with Gasteiger partial charge in [-0.1, -0.05) is 13.8 Å². The van der Waals surface area contributed by atoms with Gasteiger partial charge in [-0.05, 0) is 53.0 Å². The molecule has 1 atom stereocenters. The predicted molar refractivity (Wildman–Crippen MR) is 75.8 cm³/mol. The maximum atomic E-state index is 11.3. The average Bonchev–Trinajstić information content (AvgIpc) is 2.12. The fourth-order valence-electron chi connectivity index (χ4n) is 1.73. The summed E-state index contributed by atoms with van der Waals surface area (Å²) in [5.74, 6) is 0.715. The maximum absolute atomic E-state index is 11.3. The second-order valence-corrected chi connectivity index (χ2v) is 6.27. The van der Waals surface area contributed by atoms with Crippen molar-refractivity contribution in [3.63, 3.8) is 0 Å². The molecule has 1 unspecified atom stereocenters. The van der Waals surface area contributed by atoms with Crippen LogP contribution in [0, 0.1) is 5.92 Å². The molecule has 2 N–H and O–H groups in total. The van der Waals surface area contributed by atoms with E-state index in [-0.39, 0.29) is 6.09 Å². The lowest BCUT2D eigenvalue weighted by Crippen LogP contribution is -2.35. The number of hydrogen-bond donors (Lipinski definition) is 2. The van der Waals surface area contributed by atoms with Crippen molar-refractivity contribution in [2.45, 2.75) is 66.0 Å². The number of hydrogen-bond acceptors (Lipinski definition) is 3. The zero-order chi connectivity index (χ0) is 14.2. The number of amides is 1. The standard InChI is InChI=1S/C14H30N2O2/c1-11(2)10-12(3)15-8-7-9-16-13(17)18-14(4,5)6/h11-12,15H,7-10H2,1-6H3,(H,16,17). The summed E-state index contributed by atoms with van der Waals surface area (Å²) in [6.45, 7) is 13.8. The smallest absolute Gasteiger partial charge is 0.407 e. The molecule has 0 aliphatic heterocycles. The molecule has 0 saturated heterocycles. The van der Waals surface area contributed by atoms with Gasteiger partial charge in [-0.15, -0.1) is 0 Å². The Morgan fingerprint density at radius 1 is 1.17 bits per heavy atom. The molecule has 0 radical (unpaired) electrons. The Labute approximate surface area is 112 Å². The first kappa shape index (κ1) is 17.2. The summed E-state index contributed by atoms with van der Waals surface area (Å²) in [6, 6.07) is 0.534. The number of carbonyl (C=O) groups excluding carboxylic acids is 1. The van der Waals surface area contributed by atoms with Crippen LogP contribution in [-0.4, -0.2) is 30.8 Å². The minimum Gasteiger partial charge on any atom is -0.444 e. The third kappa shape index (κ3) is 11.7. The van der Waals surface area contributed by atoms with Crippen LogP contribution in [0.25, 0.3) is 0 Å². The highest BCUT2D eigenvalue weighted by Crippen LogP contribution is 2.06. The van der Waals surface area contributed by atoms with Crippen LogP contribution >= 0.6 is 0 Å². The molecule has 0 aromatic rings. The van der Waals surface area contributed by atoms with Crippen molar-refractivity contribution in [1.82, 2.24) is 10.6 Å². The first-order chi connectivity index (χ1) is 8.20. The van der Waals surface area contributed by atoms with Crippen LogP contribution in [-0.2, 0) is 4.74 Å². The van der Waals surface area contributed by atoms with E-state index in [2.05, 4.69) is 31.4 Å². The second kappa shape index (κ2) is 8.35. The number of alkyl carbamates (subject to hydrolysis) is 1. The summed E-state index contributed by atoms with van der Waals surface area (Å²) in [5.41, 5.74) is -0.423. The van der Waals surface area contributed by atoms with E-state index in [1.54, 1.807) is 0 Å². The van der Waals surface area contributed by atoms with Crippen LogP contribution in [0.2, 0.25) is 0 Å². The van der Waals surface area contributed by atoms with Gasteiger partial charge in [-0.2, -0.15) is 0 Å². The SMILES string of the molecule is CC(C)CC(C)NCCCNC(=O)OC(C)(C)C. The summed E-state index contributed by atoms with van der Waals surface area (Å²) in [4.78, 5) is 11.3. The molecule has 0 aliphatic rings. The normalized spacial score (nSPS) is 13.5. The van der Waals surface area contributed by atoms with Crippen LogP contribution < -0.4 is 10.6 Å². The molecule has 0 aromatic heterocycles. The number of nitrogens with one attached hydrogen (secondary N) is 2. The third-order valence-electron chi connectivity index (χ3n) is 2.34. The van der Waals surface area contributed by atoms with E-state index >= 15 is 0 Å². The summed E-state index contributed by atoms with van der Waals surface area (Å²) < 4.78 is 5.15. The molecule has 4 nitrogen and oxygen atoms in total. The van der Waals surface area contributed by atoms with Crippen LogP contribution in [0.15, 0.2) is 0 Å². The quantitative estimate of drug-likeness (QED) is 0.690. The predicted octanol–water partition coefficient (Wildman–Crippen LogP) is 2.93. The highest BCUT2D eigenvalue weighted by Gasteiger charge is 2.15. The first-order valence-electron chi connectivity index (χ1n) is 6.91. The lowest BCUT2D eigenvalue weighted by Gasteiger charge is -2.20. The molecule has 18 heavy (non-hydrogen) atoms. The van der Waals surface area contributed by atoms with Gasteiger partial charge in [0.15, 0.2) is 0 Å². The third-order valence-corrected chi connectivity index (χ3v) is 2.34. The minimum absolute atomic E-state index is 0.335. The molecule has 0 bridgehead atoms. The van der Waals surface area contributed by atoms with E-state index in [4.69, 9.17) is 4.74 Å². The van der Waals surface area contributed by atoms with Gasteiger partial charge in [0.1, 0.15) is 5.60 Å². The van der Waals surface area contributed by atoms with Crippen molar-refractivity contribution in [1.29, 1.82) is 0 Å². The Morgan fingerprint density at radius 2 is 1.78 bits per heavy atom. The molecule has 0 aliphatic carbocycles. The van der Waals surface area contributed by atoms with Gasteiger partial charge in [0.05, 0.1) is 0 Å². The summed E-state index contributed by atoms with van der Waals surface area (Å²) >= 11 is 0. The molecular weight excluding hydrogens is 228 g/mol. The monoisotopic (exact) mass is 258 g/mol. The van der Waals surface area contributed by atoms with Crippen LogP contribution in [0.1, 0.15) is 54.4 Å². The van der Waals surface area contributed by atoms with Crippen molar-refractivity contribution in [2.75, 3.05) is 13.1 Å². The molecule has 0 saturated carbocycles. The summed E-state index contributed by atoms with van der Waals surface area (Å²) in [5, 5.41) is 6.20. The van der Waals surface area contributed by atoms with Gasteiger partial charge in [0.2, 0.25) is 0 Å². The second-order valence-electron chi connectivity index (χ2n) is 6.27. The number of rotatable bonds is 7. The van der Waals surface area contributed by atoms with Crippen molar-refractivity contribution in [3.8, 4) is 0 Å². The Bertz CT molecular complexity index is 234. The molecular formula is C14H30N2O2. The van der Waals surface area contributed by atoms with E-state index in [1.165, 1.54) is 6.42 Å². The fourth-order valence-corrected chi connectivity index (χ4v) is 1.73. The van der Waals surface area contributed by atoms with Crippen molar-refractivity contribution in [3.05, 3.63) is 0 Å². The number of carbonyl (C=O) groups is 1. The summed E-state index contributed by atoms with van der Waals surface area (Å²) in [7, 11) is 0. The van der Waals surface area contributed by atoms with Gasteiger partial charge >= 0.3 is 6.09 Å². The van der Waals surface area contributed by atoms with Crippen LogP contribution in [0.5, 0.6) is 0 Å². The molecule has 4 heteroatoms. The first-order valence-corrected chi connectivity index (χ1v) is 6.91. The molecule has 0 spiro atoms.